The van der Waals surface area contributed by atoms with E-state index in [4.69, 9.17) is 4.74 Å². The Morgan fingerprint density at radius 3 is 3.00 bits per heavy atom. The highest BCUT2D eigenvalue weighted by atomic mass is 32.2. The van der Waals surface area contributed by atoms with Crippen molar-refractivity contribution in [3.63, 3.8) is 0 Å². The van der Waals surface area contributed by atoms with Crippen LogP contribution in [0.15, 0.2) is 23.4 Å². The Bertz CT molecular complexity index is 496. The van der Waals surface area contributed by atoms with Crippen LogP contribution in [0, 0.1) is 0 Å². The molecule has 18 heavy (non-hydrogen) atoms. The molecule has 1 saturated heterocycles. The van der Waals surface area contributed by atoms with Gasteiger partial charge in [-0.05, 0) is 18.1 Å². The van der Waals surface area contributed by atoms with E-state index in [1.165, 1.54) is 6.20 Å². The van der Waals surface area contributed by atoms with Crippen molar-refractivity contribution in [3.05, 3.63) is 24.0 Å². The van der Waals surface area contributed by atoms with Crippen LogP contribution in [0.2, 0.25) is 0 Å². The summed E-state index contributed by atoms with van der Waals surface area (Å²) in [5, 5.41) is 3.13. The molecule has 1 aromatic heterocycles. The molecule has 0 radical (unpaired) electrons. The fraction of sp³-hybridized carbons (Fsp3) is 0.583. The standard InChI is InChI=1S/C12H18N2O3S/c1-2-10-5-12(8-14-6-10)18(15,16)9-11-7-13-3-4-17-11/h5-6,8,11,13H,2-4,7,9H2,1H3. The summed E-state index contributed by atoms with van der Waals surface area (Å²) in [5.74, 6) is 0.00878. The highest BCUT2D eigenvalue weighted by molar-refractivity contribution is 7.91. The van der Waals surface area contributed by atoms with Crippen molar-refractivity contribution in [2.24, 2.45) is 0 Å². The summed E-state index contributed by atoms with van der Waals surface area (Å²) in [5.41, 5.74) is 0.929. The molecule has 0 aromatic carbocycles. The first kappa shape index (κ1) is 13.5. The summed E-state index contributed by atoms with van der Waals surface area (Å²) in [4.78, 5) is 4.27. The fourth-order valence-electron chi connectivity index (χ4n) is 1.89. The van der Waals surface area contributed by atoms with Crippen LogP contribution in [-0.4, -0.2) is 45.0 Å². The highest BCUT2D eigenvalue weighted by Crippen LogP contribution is 2.14. The predicted molar refractivity (Wildman–Crippen MR) is 68.3 cm³/mol. The maximum Gasteiger partial charge on any atom is 0.182 e. The smallest absolute Gasteiger partial charge is 0.182 e. The maximum atomic E-state index is 12.2. The average Bonchev–Trinajstić information content (AvgIpc) is 2.39. The lowest BCUT2D eigenvalue weighted by Gasteiger charge is -2.23. The molecule has 1 unspecified atom stereocenters. The Labute approximate surface area is 107 Å². The van der Waals surface area contributed by atoms with Gasteiger partial charge in [-0.15, -0.1) is 0 Å². The van der Waals surface area contributed by atoms with Crippen molar-refractivity contribution in [1.82, 2.24) is 10.3 Å². The largest absolute Gasteiger partial charge is 0.375 e. The number of rotatable bonds is 4. The zero-order valence-corrected chi connectivity index (χ0v) is 11.2. The number of ether oxygens (including phenoxy) is 1. The third-order valence-electron chi connectivity index (χ3n) is 2.95. The fourth-order valence-corrected chi connectivity index (χ4v) is 3.34. The van der Waals surface area contributed by atoms with Crippen molar-refractivity contribution in [3.8, 4) is 0 Å². The number of aromatic nitrogens is 1. The molecule has 1 aliphatic rings. The van der Waals surface area contributed by atoms with Gasteiger partial charge in [0.2, 0.25) is 0 Å². The molecule has 0 bridgehead atoms. The van der Waals surface area contributed by atoms with Gasteiger partial charge in [0.15, 0.2) is 9.84 Å². The van der Waals surface area contributed by atoms with Crippen LogP contribution < -0.4 is 5.32 Å². The van der Waals surface area contributed by atoms with Gasteiger partial charge in [0.1, 0.15) is 0 Å². The second kappa shape index (κ2) is 5.77. The molecule has 2 rings (SSSR count). The van der Waals surface area contributed by atoms with Crippen LogP contribution in [0.1, 0.15) is 12.5 Å². The normalized spacial score (nSPS) is 20.8. The zero-order valence-electron chi connectivity index (χ0n) is 10.4. The van der Waals surface area contributed by atoms with Gasteiger partial charge in [-0.1, -0.05) is 6.92 Å². The van der Waals surface area contributed by atoms with Crippen molar-refractivity contribution in [2.75, 3.05) is 25.4 Å². The molecule has 0 aliphatic carbocycles. The van der Waals surface area contributed by atoms with Crippen molar-refractivity contribution in [2.45, 2.75) is 24.3 Å². The predicted octanol–water partition coefficient (Wildman–Crippen LogP) is 0.406. The Hall–Kier alpha value is -0.980. The van der Waals surface area contributed by atoms with E-state index in [0.29, 0.717) is 13.2 Å². The number of sulfone groups is 1. The molecule has 100 valence electrons. The first-order valence-electron chi connectivity index (χ1n) is 6.11. The van der Waals surface area contributed by atoms with Crippen molar-refractivity contribution in [1.29, 1.82) is 0 Å². The van der Waals surface area contributed by atoms with E-state index < -0.39 is 9.84 Å². The Kier molecular flexibility index (Phi) is 4.31. The minimum Gasteiger partial charge on any atom is -0.375 e. The molecule has 1 aromatic rings. The van der Waals surface area contributed by atoms with Gasteiger partial charge in [0.25, 0.3) is 0 Å². The van der Waals surface area contributed by atoms with Gasteiger partial charge in [0.05, 0.1) is 23.4 Å². The quantitative estimate of drug-likeness (QED) is 0.858. The molecule has 2 heterocycles. The van der Waals surface area contributed by atoms with Crippen LogP contribution in [0.4, 0.5) is 0 Å². The number of hydrogen-bond acceptors (Lipinski definition) is 5. The maximum absolute atomic E-state index is 12.2. The topological polar surface area (TPSA) is 68.3 Å². The first-order valence-corrected chi connectivity index (χ1v) is 7.76. The summed E-state index contributed by atoms with van der Waals surface area (Å²) in [7, 11) is -3.32. The van der Waals surface area contributed by atoms with E-state index in [1.54, 1.807) is 12.3 Å². The van der Waals surface area contributed by atoms with Crippen LogP contribution in [0.5, 0.6) is 0 Å². The zero-order chi connectivity index (χ0) is 13.0. The van der Waals surface area contributed by atoms with E-state index in [0.717, 1.165) is 18.5 Å². The molecule has 0 spiro atoms. The Morgan fingerprint density at radius 2 is 2.33 bits per heavy atom. The van der Waals surface area contributed by atoms with Crippen LogP contribution in [0.3, 0.4) is 0 Å². The van der Waals surface area contributed by atoms with Gasteiger partial charge in [-0.3, -0.25) is 4.98 Å². The summed E-state index contributed by atoms with van der Waals surface area (Å²) in [6.07, 6.45) is 3.61. The van der Waals surface area contributed by atoms with E-state index in [-0.39, 0.29) is 16.8 Å². The second-order valence-corrected chi connectivity index (χ2v) is 6.40. The van der Waals surface area contributed by atoms with Gasteiger partial charge >= 0.3 is 0 Å². The third kappa shape index (κ3) is 3.28. The molecule has 1 aliphatic heterocycles. The average molecular weight is 270 g/mol. The lowest BCUT2D eigenvalue weighted by Crippen LogP contribution is -2.42. The van der Waals surface area contributed by atoms with Crippen LogP contribution >= 0.6 is 0 Å². The number of hydrogen-bond donors (Lipinski definition) is 1. The number of nitrogens with zero attached hydrogens (tertiary/aromatic N) is 1. The number of aryl methyl sites for hydroxylation is 1. The molecule has 1 N–H and O–H groups in total. The molecule has 1 atom stereocenters. The number of pyridine rings is 1. The molecule has 1 fully saturated rings. The van der Waals surface area contributed by atoms with E-state index in [2.05, 4.69) is 10.3 Å². The molecular formula is C12H18N2O3S. The van der Waals surface area contributed by atoms with Crippen LogP contribution in [0.25, 0.3) is 0 Å². The second-order valence-electron chi connectivity index (χ2n) is 4.36. The minimum absolute atomic E-state index is 0.00878. The molecule has 0 saturated carbocycles. The molecule has 0 amide bonds. The van der Waals surface area contributed by atoms with E-state index >= 15 is 0 Å². The summed E-state index contributed by atoms with van der Waals surface area (Å²) in [6.45, 7) is 3.90. The van der Waals surface area contributed by atoms with Crippen molar-refractivity contribution < 1.29 is 13.2 Å². The minimum atomic E-state index is -3.32. The monoisotopic (exact) mass is 270 g/mol. The van der Waals surface area contributed by atoms with Crippen LogP contribution in [-0.2, 0) is 21.0 Å². The summed E-state index contributed by atoms with van der Waals surface area (Å²) in [6, 6.07) is 1.69. The summed E-state index contributed by atoms with van der Waals surface area (Å²) >= 11 is 0. The highest BCUT2D eigenvalue weighted by Gasteiger charge is 2.23. The number of morpholine rings is 1. The third-order valence-corrected chi connectivity index (χ3v) is 4.70. The van der Waals surface area contributed by atoms with Gasteiger partial charge in [-0.25, -0.2) is 8.42 Å². The van der Waals surface area contributed by atoms with E-state index in [9.17, 15) is 8.42 Å². The molecular weight excluding hydrogens is 252 g/mol. The SMILES string of the molecule is CCc1cncc(S(=O)(=O)CC2CNCCO2)c1. The number of nitrogens with one attached hydrogen (secondary N) is 1. The van der Waals surface area contributed by atoms with Gasteiger partial charge < -0.3 is 10.1 Å². The summed E-state index contributed by atoms with van der Waals surface area (Å²) < 4.78 is 29.9. The lowest BCUT2D eigenvalue weighted by atomic mass is 10.2. The lowest BCUT2D eigenvalue weighted by molar-refractivity contribution is 0.0430. The van der Waals surface area contributed by atoms with Gasteiger partial charge in [-0.2, -0.15) is 0 Å². The molecule has 5 nitrogen and oxygen atoms in total. The Balaban J connectivity index is 2.13. The van der Waals surface area contributed by atoms with E-state index in [1.807, 2.05) is 6.92 Å². The van der Waals surface area contributed by atoms with Gasteiger partial charge in [0, 0.05) is 25.5 Å². The Morgan fingerprint density at radius 1 is 1.50 bits per heavy atom. The molecule has 6 heteroatoms. The van der Waals surface area contributed by atoms with Crippen molar-refractivity contribution >= 4 is 9.84 Å². The first-order chi connectivity index (χ1) is 8.62.